The molecule has 1 aromatic heterocycles. The summed E-state index contributed by atoms with van der Waals surface area (Å²) in [6.07, 6.45) is 10.2. The van der Waals surface area contributed by atoms with E-state index in [0.29, 0.717) is 18.4 Å². The molecule has 0 radical (unpaired) electrons. The first-order valence-corrected chi connectivity index (χ1v) is 10.3. The van der Waals surface area contributed by atoms with E-state index in [1.807, 2.05) is 12.3 Å². The van der Waals surface area contributed by atoms with Gasteiger partial charge in [0.2, 0.25) is 5.91 Å². The van der Waals surface area contributed by atoms with Crippen LogP contribution in [0.5, 0.6) is 0 Å². The van der Waals surface area contributed by atoms with E-state index in [-0.39, 0.29) is 10.8 Å². The van der Waals surface area contributed by atoms with Gasteiger partial charge in [0, 0.05) is 30.6 Å². The molecule has 4 nitrogen and oxygen atoms in total. The molecule has 0 saturated heterocycles. The van der Waals surface area contributed by atoms with Gasteiger partial charge in [0.1, 0.15) is 0 Å². The highest BCUT2D eigenvalue weighted by atomic mass is 32.1. The van der Waals surface area contributed by atoms with Crippen molar-refractivity contribution in [1.29, 1.82) is 0 Å². The molecule has 1 N–H and O–H groups in total. The molecule has 4 aliphatic rings. The number of aromatic nitrogens is 1. The standard InChI is InChI=1S/C19H28N2O2S/c1-13-12-24-18(23)21(13)5-2-17(22)20-4-3-19-9-14-6-15(10-19)8-16(7-14)11-19/h12,14-16H,2-11H2,1H3,(H,20,22). The van der Waals surface area contributed by atoms with Crippen molar-refractivity contribution in [3.8, 4) is 0 Å². The molecule has 4 fully saturated rings. The van der Waals surface area contributed by atoms with E-state index < -0.39 is 0 Å². The minimum absolute atomic E-state index is 0.0360. The lowest BCUT2D eigenvalue weighted by atomic mass is 9.49. The topological polar surface area (TPSA) is 51.1 Å². The van der Waals surface area contributed by atoms with Crippen molar-refractivity contribution in [1.82, 2.24) is 9.88 Å². The number of nitrogens with one attached hydrogen (secondary N) is 1. The summed E-state index contributed by atoms with van der Waals surface area (Å²) in [6, 6.07) is 0. The fourth-order valence-electron chi connectivity index (χ4n) is 6.04. The highest BCUT2D eigenvalue weighted by Crippen LogP contribution is 2.61. The van der Waals surface area contributed by atoms with Crippen LogP contribution in [0.15, 0.2) is 10.2 Å². The van der Waals surface area contributed by atoms with Gasteiger partial charge in [0.25, 0.3) is 0 Å². The fraction of sp³-hybridized carbons (Fsp3) is 0.789. The Morgan fingerprint density at radius 1 is 1.25 bits per heavy atom. The van der Waals surface area contributed by atoms with Crippen molar-refractivity contribution in [2.24, 2.45) is 23.2 Å². The maximum Gasteiger partial charge on any atom is 0.307 e. The van der Waals surface area contributed by atoms with Gasteiger partial charge in [0.05, 0.1) is 0 Å². The molecule has 4 bridgehead atoms. The number of carbonyl (C=O) groups is 1. The summed E-state index contributed by atoms with van der Waals surface area (Å²) in [4.78, 5) is 23.8. The first-order valence-electron chi connectivity index (χ1n) is 9.45. The lowest BCUT2D eigenvalue weighted by Crippen LogP contribution is -2.47. The molecule has 1 amide bonds. The van der Waals surface area contributed by atoms with Gasteiger partial charge in [-0.05, 0) is 75.0 Å². The number of hydrogen-bond acceptors (Lipinski definition) is 3. The number of hydrogen-bond donors (Lipinski definition) is 1. The van der Waals surface area contributed by atoms with Crippen LogP contribution in [0.3, 0.4) is 0 Å². The number of amides is 1. The van der Waals surface area contributed by atoms with Crippen LogP contribution in [-0.4, -0.2) is 17.0 Å². The number of carbonyl (C=O) groups excluding carboxylic acids is 1. The Hall–Kier alpha value is -1.10. The number of rotatable bonds is 6. The average molecular weight is 349 g/mol. The molecule has 0 atom stereocenters. The summed E-state index contributed by atoms with van der Waals surface area (Å²) in [5.41, 5.74) is 1.48. The van der Waals surface area contributed by atoms with Gasteiger partial charge in [0.15, 0.2) is 0 Å². The highest BCUT2D eigenvalue weighted by Gasteiger charge is 2.50. The first-order chi connectivity index (χ1) is 11.5. The third kappa shape index (κ3) is 3.19. The van der Waals surface area contributed by atoms with Crippen LogP contribution >= 0.6 is 11.3 Å². The van der Waals surface area contributed by atoms with Gasteiger partial charge in [-0.3, -0.25) is 9.59 Å². The van der Waals surface area contributed by atoms with Crippen LogP contribution < -0.4 is 10.2 Å². The molecule has 1 aromatic rings. The average Bonchev–Trinajstić information content (AvgIpc) is 2.82. The summed E-state index contributed by atoms with van der Waals surface area (Å²) < 4.78 is 1.70. The Bertz CT molecular complexity index is 640. The van der Waals surface area contributed by atoms with Gasteiger partial charge in [-0.2, -0.15) is 0 Å². The Morgan fingerprint density at radius 2 is 1.88 bits per heavy atom. The zero-order valence-electron chi connectivity index (χ0n) is 14.6. The van der Waals surface area contributed by atoms with Gasteiger partial charge >= 0.3 is 4.87 Å². The van der Waals surface area contributed by atoms with Gasteiger partial charge in [-0.1, -0.05) is 11.3 Å². The summed E-state index contributed by atoms with van der Waals surface area (Å²) >= 11 is 1.21. The van der Waals surface area contributed by atoms with Crippen LogP contribution in [0.1, 0.15) is 57.1 Å². The zero-order chi connectivity index (χ0) is 16.7. The molecule has 5 heteroatoms. The number of thiazole rings is 1. The molecule has 0 aromatic carbocycles. The van der Waals surface area contributed by atoms with E-state index in [4.69, 9.17) is 0 Å². The third-order valence-corrected chi connectivity index (χ3v) is 7.56. The lowest BCUT2D eigenvalue weighted by Gasteiger charge is -2.57. The predicted octanol–water partition coefficient (Wildman–Crippen LogP) is 3.33. The molecule has 24 heavy (non-hydrogen) atoms. The lowest BCUT2D eigenvalue weighted by molar-refractivity contribution is -0.121. The molecule has 4 saturated carbocycles. The maximum atomic E-state index is 12.1. The molecule has 0 unspecified atom stereocenters. The van der Waals surface area contributed by atoms with Gasteiger partial charge in [-0.15, -0.1) is 0 Å². The summed E-state index contributed by atoms with van der Waals surface area (Å²) in [6.45, 7) is 3.22. The smallest absolute Gasteiger partial charge is 0.307 e. The molecule has 5 rings (SSSR count). The molecular formula is C19H28N2O2S. The maximum absolute atomic E-state index is 12.1. The minimum Gasteiger partial charge on any atom is -0.356 e. The molecular weight excluding hydrogens is 320 g/mol. The summed E-state index contributed by atoms with van der Waals surface area (Å²) in [5.74, 6) is 3.00. The monoisotopic (exact) mass is 348 g/mol. The van der Waals surface area contributed by atoms with Gasteiger partial charge in [-0.25, -0.2) is 0 Å². The van der Waals surface area contributed by atoms with Crippen LogP contribution in [0.2, 0.25) is 0 Å². The summed E-state index contributed by atoms with van der Waals surface area (Å²) in [5, 5.41) is 4.96. The van der Waals surface area contributed by atoms with Crippen LogP contribution in [0.25, 0.3) is 0 Å². The van der Waals surface area contributed by atoms with Crippen LogP contribution in [0.4, 0.5) is 0 Å². The molecule has 132 valence electrons. The van der Waals surface area contributed by atoms with E-state index in [1.165, 1.54) is 49.9 Å². The second-order valence-corrected chi connectivity index (χ2v) is 9.38. The fourth-order valence-corrected chi connectivity index (χ4v) is 6.80. The summed E-state index contributed by atoms with van der Waals surface area (Å²) in [7, 11) is 0. The van der Waals surface area contributed by atoms with E-state index in [0.717, 1.165) is 36.4 Å². The third-order valence-electron chi connectivity index (χ3n) is 6.68. The normalized spacial score (nSPS) is 33.8. The molecule has 0 aliphatic heterocycles. The van der Waals surface area contributed by atoms with Crippen LogP contribution in [-0.2, 0) is 11.3 Å². The Morgan fingerprint density at radius 3 is 2.42 bits per heavy atom. The van der Waals surface area contributed by atoms with E-state index in [9.17, 15) is 9.59 Å². The second-order valence-electron chi connectivity index (χ2n) is 8.56. The Labute approximate surface area is 147 Å². The van der Waals surface area contributed by atoms with Crippen LogP contribution in [0, 0.1) is 30.1 Å². The Kier molecular flexibility index (Phi) is 4.31. The Balaban J connectivity index is 1.24. The van der Waals surface area contributed by atoms with E-state index in [2.05, 4.69) is 5.32 Å². The SMILES string of the molecule is Cc1csc(=O)n1CCC(=O)NCCC12CC3CC(CC(C3)C1)C2. The largest absolute Gasteiger partial charge is 0.356 e. The zero-order valence-corrected chi connectivity index (χ0v) is 15.4. The van der Waals surface area contributed by atoms with E-state index in [1.54, 1.807) is 4.57 Å². The van der Waals surface area contributed by atoms with E-state index >= 15 is 0 Å². The van der Waals surface area contributed by atoms with Crippen molar-refractivity contribution in [3.63, 3.8) is 0 Å². The number of aryl methyl sites for hydroxylation is 1. The number of nitrogens with zero attached hydrogens (tertiary/aromatic N) is 1. The highest BCUT2D eigenvalue weighted by molar-refractivity contribution is 7.07. The van der Waals surface area contributed by atoms with Crippen molar-refractivity contribution in [2.45, 2.75) is 64.8 Å². The van der Waals surface area contributed by atoms with Gasteiger partial charge < -0.3 is 9.88 Å². The van der Waals surface area contributed by atoms with Crippen molar-refractivity contribution < 1.29 is 4.79 Å². The van der Waals surface area contributed by atoms with Crippen molar-refractivity contribution in [2.75, 3.05) is 6.54 Å². The van der Waals surface area contributed by atoms with Crippen molar-refractivity contribution in [3.05, 3.63) is 20.7 Å². The molecule has 0 spiro atoms. The second kappa shape index (κ2) is 6.32. The van der Waals surface area contributed by atoms with Crippen molar-refractivity contribution >= 4 is 17.2 Å². The molecule has 4 aliphatic carbocycles. The predicted molar refractivity (Wildman–Crippen MR) is 96.2 cm³/mol. The molecule has 1 heterocycles. The quantitative estimate of drug-likeness (QED) is 0.857. The first kappa shape index (κ1) is 16.4. The minimum atomic E-state index is 0.0360.